The second-order valence-electron chi connectivity index (χ2n) is 4.15. The van der Waals surface area contributed by atoms with Crippen molar-refractivity contribution in [3.8, 4) is 11.3 Å². The van der Waals surface area contributed by atoms with Crippen molar-refractivity contribution in [1.82, 2.24) is 14.3 Å². The Labute approximate surface area is 127 Å². The van der Waals surface area contributed by atoms with Gasteiger partial charge in [0.25, 0.3) is 0 Å². The van der Waals surface area contributed by atoms with Gasteiger partial charge in [-0.1, -0.05) is 11.8 Å². The van der Waals surface area contributed by atoms with Crippen LogP contribution in [0.4, 0.5) is 4.39 Å². The van der Waals surface area contributed by atoms with Crippen molar-refractivity contribution in [3.05, 3.63) is 36.4 Å². The number of amides is 1. The zero-order valence-electron chi connectivity index (χ0n) is 10.6. The van der Waals surface area contributed by atoms with Crippen LogP contribution in [-0.4, -0.2) is 26.0 Å². The van der Waals surface area contributed by atoms with Crippen molar-refractivity contribution in [2.75, 3.05) is 5.75 Å². The first-order chi connectivity index (χ1) is 10.1. The maximum atomic E-state index is 13.0. The minimum Gasteiger partial charge on any atom is -0.369 e. The smallest absolute Gasteiger partial charge is 0.227 e. The SMILES string of the molecule is NC(=O)CSc1ncnc2c(-c3ccc(F)cc3)nsc12. The highest BCUT2D eigenvalue weighted by molar-refractivity contribution is 8.00. The summed E-state index contributed by atoms with van der Waals surface area (Å²) in [5, 5.41) is 0.671. The first-order valence-electron chi connectivity index (χ1n) is 5.92. The van der Waals surface area contributed by atoms with Crippen LogP contribution in [0.2, 0.25) is 0 Å². The van der Waals surface area contributed by atoms with Crippen molar-refractivity contribution in [3.63, 3.8) is 0 Å². The highest BCUT2D eigenvalue weighted by Gasteiger charge is 2.14. The molecule has 2 heterocycles. The Morgan fingerprint density at radius 3 is 2.76 bits per heavy atom. The minimum absolute atomic E-state index is 0.149. The molecule has 0 aliphatic rings. The molecule has 3 rings (SSSR count). The maximum Gasteiger partial charge on any atom is 0.227 e. The average molecular weight is 320 g/mol. The molecule has 0 unspecified atom stereocenters. The summed E-state index contributed by atoms with van der Waals surface area (Å²) >= 11 is 2.50. The van der Waals surface area contributed by atoms with Crippen molar-refractivity contribution < 1.29 is 9.18 Å². The molecule has 0 spiro atoms. The molecule has 2 aromatic heterocycles. The summed E-state index contributed by atoms with van der Waals surface area (Å²) < 4.78 is 18.2. The molecule has 0 aliphatic carbocycles. The predicted octanol–water partition coefficient (Wildman–Crippen LogP) is 2.47. The third kappa shape index (κ3) is 2.86. The third-order valence-corrected chi connectivity index (χ3v) is 4.68. The highest BCUT2D eigenvalue weighted by Crippen LogP contribution is 2.34. The van der Waals surface area contributed by atoms with E-state index >= 15 is 0 Å². The Hall–Kier alpha value is -2.06. The van der Waals surface area contributed by atoms with Crippen LogP contribution >= 0.6 is 23.3 Å². The fraction of sp³-hybridized carbons (Fsp3) is 0.0769. The lowest BCUT2D eigenvalue weighted by molar-refractivity contribution is -0.115. The Bertz CT molecular complexity index is 804. The standard InChI is InChI=1S/C13H9FN4OS2/c14-8-3-1-7(2-4-8)10-11-12(21-18-10)13(17-6-16-11)20-5-9(15)19/h1-4,6H,5H2,(H2,15,19). The van der Waals surface area contributed by atoms with Gasteiger partial charge in [-0.15, -0.1) is 0 Å². The molecule has 106 valence electrons. The molecule has 2 N–H and O–H groups in total. The van der Waals surface area contributed by atoms with E-state index in [1.807, 2.05) is 0 Å². The summed E-state index contributed by atoms with van der Waals surface area (Å²) in [6.45, 7) is 0. The molecule has 0 saturated heterocycles. The largest absolute Gasteiger partial charge is 0.369 e. The van der Waals surface area contributed by atoms with E-state index in [0.29, 0.717) is 16.2 Å². The summed E-state index contributed by atoms with van der Waals surface area (Å²) in [6, 6.07) is 6.07. The number of halogens is 1. The van der Waals surface area contributed by atoms with Gasteiger partial charge >= 0.3 is 0 Å². The monoisotopic (exact) mass is 320 g/mol. The summed E-state index contributed by atoms with van der Waals surface area (Å²) in [7, 11) is 0. The second kappa shape index (κ2) is 5.74. The number of carbonyl (C=O) groups is 1. The van der Waals surface area contributed by atoms with Crippen LogP contribution < -0.4 is 5.73 Å². The summed E-state index contributed by atoms with van der Waals surface area (Å²) in [6.07, 6.45) is 1.42. The molecule has 0 atom stereocenters. The van der Waals surface area contributed by atoms with Gasteiger partial charge in [0.2, 0.25) is 5.91 Å². The van der Waals surface area contributed by atoms with Gasteiger partial charge in [-0.2, -0.15) is 4.37 Å². The number of fused-ring (bicyclic) bond motifs is 1. The molecular weight excluding hydrogens is 311 g/mol. The molecule has 0 fully saturated rings. The molecule has 5 nitrogen and oxygen atoms in total. The molecule has 0 saturated carbocycles. The lowest BCUT2D eigenvalue weighted by atomic mass is 10.1. The van der Waals surface area contributed by atoms with Crippen molar-refractivity contribution in [2.45, 2.75) is 5.03 Å². The van der Waals surface area contributed by atoms with Crippen LogP contribution in [-0.2, 0) is 4.79 Å². The summed E-state index contributed by atoms with van der Waals surface area (Å²) in [5.41, 5.74) is 7.30. The van der Waals surface area contributed by atoms with E-state index in [1.165, 1.54) is 41.8 Å². The Balaban J connectivity index is 2.04. The molecule has 21 heavy (non-hydrogen) atoms. The van der Waals surface area contributed by atoms with Gasteiger partial charge in [0.15, 0.2) is 0 Å². The number of hydrogen-bond donors (Lipinski definition) is 1. The number of nitrogens with two attached hydrogens (primary N) is 1. The van der Waals surface area contributed by atoms with Gasteiger partial charge in [0.05, 0.1) is 5.75 Å². The van der Waals surface area contributed by atoms with Gasteiger partial charge in [0, 0.05) is 5.56 Å². The summed E-state index contributed by atoms with van der Waals surface area (Å²) in [5.74, 6) is -0.559. The second-order valence-corrected chi connectivity index (χ2v) is 5.89. The Kier molecular flexibility index (Phi) is 3.80. The highest BCUT2D eigenvalue weighted by atomic mass is 32.2. The van der Waals surface area contributed by atoms with Crippen LogP contribution in [0.25, 0.3) is 21.5 Å². The zero-order valence-corrected chi connectivity index (χ0v) is 12.2. The number of carbonyl (C=O) groups excluding carboxylic acids is 1. The van der Waals surface area contributed by atoms with Crippen molar-refractivity contribution in [2.24, 2.45) is 5.73 Å². The van der Waals surface area contributed by atoms with Gasteiger partial charge < -0.3 is 5.73 Å². The molecule has 0 aliphatic heterocycles. The molecular formula is C13H9FN4OS2. The minimum atomic E-state index is -0.407. The fourth-order valence-corrected chi connectivity index (χ4v) is 3.44. The average Bonchev–Trinajstić information content (AvgIpc) is 2.90. The van der Waals surface area contributed by atoms with Crippen molar-refractivity contribution >= 4 is 39.4 Å². The molecule has 8 heteroatoms. The number of benzene rings is 1. The summed E-state index contributed by atoms with van der Waals surface area (Å²) in [4.78, 5) is 19.3. The quantitative estimate of drug-likeness (QED) is 0.590. The van der Waals surface area contributed by atoms with Gasteiger partial charge in [-0.25, -0.2) is 14.4 Å². The first-order valence-corrected chi connectivity index (χ1v) is 7.68. The van der Waals surface area contributed by atoms with E-state index in [9.17, 15) is 9.18 Å². The van der Waals surface area contributed by atoms with Gasteiger partial charge in [-0.05, 0) is 35.8 Å². The topological polar surface area (TPSA) is 81.8 Å². The zero-order chi connectivity index (χ0) is 14.8. The third-order valence-electron chi connectivity index (χ3n) is 2.69. The van der Waals surface area contributed by atoms with E-state index in [0.717, 1.165) is 10.3 Å². The van der Waals surface area contributed by atoms with Gasteiger partial charge in [0.1, 0.15) is 33.1 Å². The van der Waals surface area contributed by atoms with Crippen molar-refractivity contribution in [1.29, 1.82) is 0 Å². The van der Waals surface area contributed by atoms with Gasteiger partial charge in [-0.3, -0.25) is 4.79 Å². The van der Waals surface area contributed by atoms with E-state index in [-0.39, 0.29) is 11.6 Å². The fourth-order valence-electron chi connectivity index (χ4n) is 1.78. The predicted molar refractivity (Wildman–Crippen MR) is 80.5 cm³/mol. The first kappa shape index (κ1) is 13.9. The van der Waals surface area contributed by atoms with Crippen LogP contribution in [0, 0.1) is 5.82 Å². The number of primary amides is 1. The van der Waals surface area contributed by atoms with Crippen LogP contribution in [0.1, 0.15) is 0 Å². The molecule has 1 aromatic carbocycles. The molecule has 0 bridgehead atoms. The van der Waals surface area contributed by atoms with Crippen LogP contribution in [0.5, 0.6) is 0 Å². The molecule has 0 radical (unpaired) electrons. The number of nitrogens with zero attached hydrogens (tertiary/aromatic N) is 3. The molecule has 1 amide bonds. The van der Waals surface area contributed by atoms with E-state index in [4.69, 9.17) is 5.73 Å². The lowest BCUT2D eigenvalue weighted by Crippen LogP contribution is -2.13. The maximum absolute atomic E-state index is 13.0. The van der Waals surface area contributed by atoms with Crippen LogP contribution in [0.3, 0.4) is 0 Å². The Morgan fingerprint density at radius 2 is 2.05 bits per heavy atom. The number of thioether (sulfide) groups is 1. The van der Waals surface area contributed by atoms with Crippen LogP contribution in [0.15, 0.2) is 35.6 Å². The van der Waals surface area contributed by atoms with E-state index in [2.05, 4.69) is 14.3 Å². The molecule has 3 aromatic rings. The van der Waals surface area contributed by atoms with E-state index in [1.54, 1.807) is 12.1 Å². The van der Waals surface area contributed by atoms with E-state index < -0.39 is 5.91 Å². The lowest BCUT2D eigenvalue weighted by Gasteiger charge is -2.00. The number of aromatic nitrogens is 3. The number of hydrogen-bond acceptors (Lipinski definition) is 6. The normalized spacial score (nSPS) is 10.9. The Morgan fingerprint density at radius 1 is 1.29 bits per heavy atom. The number of rotatable bonds is 4.